The molecular formula is C23H22N8O2S. The number of likely N-dealkylation sites (N-methyl/N-ethyl adjacent to an activating group) is 1. The molecule has 2 amide bonds. The topological polar surface area (TPSA) is 130 Å². The molecule has 4 aromatic rings. The van der Waals surface area contributed by atoms with Crippen molar-refractivity contribution in [3.63, 3.8) is 0 Å². The van der Waals surface area contributed by atoms with Crippen LogP contribution in [-0.2, 0) is 0 Å². The fourth-order valence-corrected chi connectivity index (χ4v) is 4.48. The molecular weight excluding hydrogens is 452 g/mol. The molecule has 1 aliphatic rings. The first-order chi connectivity index (χ1) is 16.5. The maximum absolute atomic E-state index is 12.9. The van der Waals surface area contributed by atoms with Crippen LogP contribution >= 0.6 is 11.3 Å². The van der Waals surface area contributed by atoms with Gasteiger partial charge in [0.2, 0.25) is 0 Å². The lowest BCUT2D eigenvalue weighted by molar-refractivity contribution is 0.100. The third kappa shape index (κ3) is 4.56. The summed E-state index contributed by atoms with van der Waals surface area (Å²) in [5, 5.41) is 12.6. The largest absolute Gasteiger partial charge is 0.365 e. The van der Waals surface area contributed by atoms with Crippen LogP contribution in [0.2, 0.25) is 0 Å². The molecule has 1 fully saturated rings. The summed E-state index contributed by atoms with van der Waals surface area (Å²) in [7, 11) is 2.09. The summed E-state index contributed by atoms with van der Waals surface area (Å²) in [6.45, 7) is 3.65. The first-order valence-electron chi connectivity index (χ1n) is 10.7. The number of fused-ring (bicyclic) bond motifs is 1. The van der Waals surface area contributed by atoms with Crippen LogP contribution in [0.3, 0.4) is 0 Å². The molecule has 34 heavy (non-hydrogen) atoms. The molecule has 0 radical (unpaired) electrons. The smallest absolute Gasteiger partial charge is 0.260 e. The van der Waals surface area contributed by atoms with Crippen molar-refractivity contribution in [2.75, 3.05) is 43.4 Å². The highest BCUT2D eigenvalue weighted by atomic mass is 32.1. The van der Waals surface area contributed by atoms with E-state index in [4.69, 9.17) is 5.73 Å². The van der Waals surface area contributed by atoms with Gasteiger partial charge in [-0.2, -0.15) is 0 Å². The monoisotopic (exact) mass is 474 g/mol. The van der Waals surface area contributed by atoms with Crippen LogP contribution in [0.5, 0.6) is 0 Å². The Labute approximate surface area is 199 Å². The molecule has 0 spiro atoms. The highest BCUT2D eigenvalue weighted by Crippen LogP contribution is 2.28. The number of nitrogens with one attached hydrogen (secondary N) is 1. The van der Waals surface area contributed by atoms with Gasteiger partial charge in [0.25, 0.3) is 11.8 Å². The number of nitrogens with zero attached hydrogens (tertiary/aromatic N) is 6. The Bertz CT molecular complexity index is 1380. The van der Waals surface area contributed by atoms with Gasteiger partial charge in [-0.25, -0.2) is 9.97 Å². The van der Waals surface area contributed by atoms with Crippen LogP contribution in [-0.4, -0.2) is 70.1 Å². The number of primary amides is 1. The average molecular weight is 475 g/mol. The zero-order valence-electron chi connectivity index (χ0n) is 18.4. The first-order valence-corrected chi connectivity index (χ1v) is 11.5. The Morgan fingerprint density at radius 2 is 1.85 bits per heavy atom. The number of rotatable bonds is 5. The van der Waals surface area contributed by atoms with Crippen molar-refractivity contribution in [2.45, 2.75) is 0 Å². The zero-order valence-corrected chi connectivity index (χ0v) is 19.2. The van der Waals surface area contributed by atoms with E-state index in [1.54, 1.807) is 24.4 Å². The lowest BCUT2D eigenvalue weighted by Gasteiger charge is -2.33. The lowest BCUT2D eigenvalue weighted by atomic mass is 10.1. The summed E-state index contributed by atoms with van der Waals surface area (Å²) >= 11 is 1.22. The Morgan fingerprint density at radius 3 is 2.62 bits per heavy atom. The van der Waals surface area contributed by atoms with Crippen molar-refractivity contribution < 1.29 is 9.59 Å². The van der Waals surface area contributed by atoms with E-state index in [2.05, 4.69) is 42.3 Å². The van der Waals surface area contributed by atoms with E-state index in [0.717, 1.165) is 42.9 Å². The van der Waals surface area contributed by atoms with Gasteiger partial charge < -0.3 is 20.9 Å². The number of benzene rings is 1. The summed E-state index contributed by atoms with van der Waals surface area (Å²) in [6, 6.07) is 10.8. The number of anilines is 2. The molecule has 0 saturated carbocycles. The van der Waals surface area contributed by atoms with Gasteiger partial charge in [-0.1, -0.05) is 0 Å². The van der Waals surface area contributed by atoms with E-state index < -0.39 is 5.91 Å². The number of pyridine rings is 1. The molecule has 1 saturated heterocycles. The molecule has 3 N–H and O–H groups in total. The number of carbonyl (C=O) groups excluding carboxylic acids is 2. The average Bonchev–Trinajstić information content (AvgIpc) is 3.35. The quantitative estimate of drug-likeness (QED) is 0.450. The van der Waals surface area contributed by atoms with Crippen molar-refractivity contribution in [3.05, 3.63) is 59.2 Å². The predicted octanol–water partition coefficient (Wildman–Crippen LogP) is 2.25. The lowest BCUT2D eigenvalue weighted by Crippen LogP contribution is -2.44. The van der Waals surface area contributed by atoms with E-state index in [9.17, 15) is 9.59 Å². The number of amides is 2. The van der Waals surface area contributed by atoms with Gasteiger partial charge in [0.05, 0.1) is 11.7 Å². The Kier molecular flexibility index (Phi) is 5.86. The van der Waals surface area contributed by atoms with Crippen LogP contribution in [0.1, 0.15) is 20.0 Å². The Morgan fingerprint density at radius 1 is 1.03 bits per heavy atom. The normalized spacial score (nSPS) is 14.3. The van der Waals surface area contributed by atoms with Crippen molar-refractivity contribution in [3.8, 4) is 10.6 Å². The number of piperazine rings is 1. The number of carbonyl (C=O) groups is 2. The molecule has 11 heteroatoms. The van der Waals surface area contributed by atoms with Gasteiger partial charge >= 0.3 is 0 Å². The highest BCUT2D eigenvalue weighted by Gasteiger charge is 2.17. The second-order valence-electron chi connectivity index (χ2n) is 8.04. The maximum Gasteiger partial charge on any atom is 0.260 e. The van der Waals surface area contributed by atoms with Crippen molar-refractivity contribution in [1.29, 1.82) is 0 Å². The second-order valence-corrected chi connectivity index (χ2v) is 9.07. The minimum atomic E-state index is -0.507. The van der Waals surface area contributed by atoms with E-state index in [1.807, 2.05) is 18.2 Å². The second kappa shape index (κ2) is 9.12. The molecule has 10 nitrogen and oxygen atoms in total. The standard InChI is InChI=1S/C23H22N8O2S/c1-30-6-8-31(9-7-30)20-12-14(4-5-25-20)22(33)27-19-11-16-10-15(2-3-17(16)28-29-19)23-26-13-18(34-23)21(24)32/h2-5,10-13H,6-9H2,1H3,(H2,24,32)(H,27,29,33). The summed E-state index contributed by atoms with van der Waals surface area (Å²) in [4.78, 5) is 37.8. The third-order valence-electron chi connectivity index (χ3n) is 5.66. The maximum atomic E-state index is 12.9. The number of hydrogen-bond donors (Lipinski definition) is 2. The van der Waals surface area contributed by atoms with Crippen molar-refractivity contribution in [1.82, 2.24) is 25.1 Å². The van der Waals surface area contributed by atoms with Gasteiger partial charge in [-0.15, -0.1) is 21.5 Å². The van der Waals surface area contributed by atoms with Crippen LogP contribution in [0.15, 0.2) is 48.8 Å². The zero-order chi connectivity index (χ0) is 23.7. The van der Waals surface area contributed by atoms with Crippen LogP contribution in [0.4, 0.5) is 11.6 Å². The van der Waals surface area contributed by atoms with Gasteiger partial charge in [0.15, 0.2) is 5.82 Å². The number of hydrogen-bond acceptors (Lipinski definition) is 9. The third-order valence-corrected chi connectivity index (χ3v) is 6.72. The molecule has 1 aromatic carbocycles. The fraction of sp³-hybridized carbons (Fsp3) is 0.217. The van der Waals surface area contributed by atoms with E-state index >= 15 is 0 Å². The van der Waals surface area contributed by atoms with Crippen molar-refractivity contribution >= 4 is 45.7 Å². The molecule has 4 heterocycles. The summed E-state index contributed by atoms with van der Waals surface area (Å²) in [5.41, 5.74) is 7.33. The predicted molar refractivity (Wildman–Crippen MR) is 131 cm³/mol. The molecule has 172 valence electrons. The Hall–Kier alpha value is -3.96. The summed E-state index contributed by atoms with van der Waals surface area (Å²) in [5.74, 6) is 0.333. The van der Waals surface area contributed by atoms with E-state index in [-0.39, 0.29) is 5.91 Å². The minimum Gasteiger partial charge on any atom is -0.365 e. The van der Waals surface area contributed by atoms with Crippen LogP contribution in [0, 0.1) is 0 Å². The molecule has 1 aliphatic heterocycles. The van der Waals surface area contributed by atoms with Gasteiger partial charge in [0.1, 0.15) is 15.7 Å². The van der Waals surface area contributed by atoms with Crippen LogP contribution < -0.4 is 16.0 Å². The van der Waals surface area contributed by atoms with Crippen molar-refractivity contribution in [2.24, 2.45) is 5.73 Å². The molecule has 0 atom stereocenters. The van der Waals surface area contributed by atoms with Gasteiger partial charge in [-0.3, -0.25) is 9.59 Å². The van der Waals surface area contributed by atoms with Gasteiger partial charge in [0, 0.05) is 48.9 Å². The van der Waals surface area contributed by atoms with Gasteiger partial charge in [-0.05, 0) is 43.4 Å². The molecule has 0 unspecified atom stereocenters. The highest BCUT2D eigenvalue weighted by molar-refractivity contribution is 7.16. The number of thiazole rings is 1. The Balaban J connectivity index is 1.35. The minimum absolute atomic E-state index is 0.284. The fourth-order valence-electron chi connectivity index (χ4n) is 3.72. The van der Waals surface area contributed by atoms with E-state index in [1.165, 1.54) is 17.5 Å². The molecule has 5 rings (SSSR count). The molecule has 0 aliphatic carbocycles. The molecule has 0 bridgehead atoms. The number of nitrogens with two attached hydrogens (primary N) is 1. The van der Waals surface area contributed by atoms with E-state index in [0.29, 0.717) is 26.8 Å². The summed E-state index contributed by atoms with van der Waals surface area (Å²) in [6.07, 6.45) is 3.11. The SMILES string of the molecule is CN1CCN(c2cc(C(=O)Nc3cc4cc(-c5ncc(C(N)=O)s5)ccc4nn3)ccn2)CC1. The first kappa shape index (κ1) is 21.9. The van der Waals surface area contributed by atoms with Crippen LogP contribution in [0.25, 0.3) is 21.5 Å². The molecule has 3 aromatic heterocycles. The summed E-state index contributed by atoms with van der Waals surface area (Å²) < 4.78 is 0. The number of aromatic nitrogens is 4.